The molecule has 0 spiro atoms. The van der Waals surface area contributed by atoms with Gasteiger partial charge in [-0.3, -0.25) is 4.79 Å². The lowest BCUT2D eigenvalue weighted by Gasteiger charge is -2.27. The van der Waals surface area contributed by atoms with E-state index in [-0.39, 0.29) is 23.6 Å². The Labute approximate surface area is 114 Å². The Kier molecular flexibility index (Phi) is 5.35. The van der Waals surface area contributed by atoms with E-state index in [2.05, 4.69) is 29.2 Å². The van der Waals surface area contributed by atoms with Crippen LogP contribution >= 0.6 is 0 Å². The summed E-state index contributed by atoms with van der Waals surface area (Å²) >= 11 is 0. The first-order chi connectivity index (χ1) is 8.88. The molecule has 0 aliphatic heterocycles. The van der Waals surface area contributed by atoms with Gasteiger partial charge in [0.25, 0.3) is 5.91 Å². The van der Waals surface area contributed by atoms with Crippen molar-refractivity contribution in [3.05, 3.63) is 11.3 Å². The summed E-state index contributed by atoms with van der Waals surface area (Å²) in [5.41, 5.74) is 0.893. The Morgan fingerprint density at radius 1 is 1.47 bits per heavy atom. The van der Waals surface area contributed by atoms with Crippen LogP contribution in [-0.4, -0.2) is 49.8 Å². The number of hydrogen-bond donors (Lipinski definition) is 1. The Balaban J connectivity index is 2.67. The van der Waals surface area contributed by atoms with Gasteiger partial charge in [-0.25, -0.2) is 0 Å². The Bertz CT molecular complexity index is 419. The average Bonchev–Trinajstić information content (AvgIpc) is 2.69. The van der Waals surface area contributed by atoms with E-state index in [9.17, 15) is 4.79 Å². The largest absolute Gasteiger partial charge is 0.467 e. The van der Waals surface area contributed by atoms with Gasteiger partial charge in [0.15, 0.2) is 5.69 Å². The van der Waals surface area contributed by atoms with Crippen molar-refractivity contribution in [2.24, 2.45) is 5.92 Å². The van der Waals surface area contributed by atoms with Crippen molar-refractivity contribution in [1.29, 1.82) is 0 Å². The predicted octanol–water partition coefficient (Wildman–Crippen LogP) is 1.31. The molecule has 1 aromatic heterocycles. The van der Waals surface area contributed by atoms with Gasteiger partial charge >= 0.3 is 5.95 Å². The fourth-order valence-corrected chi connectivity index (χ4v) is 2.02. The van der Waals surface area contributed by atoms with Crippen LogP contribution in [0.5, 0.6) is 5.95 Å². The summed E-state index contributed by atoms with van der Waals surface area (Å²) < 4.78 is 9.88. The van der Waals surface area contributed by atoms with Crippen LogP contribution in [0.3, 0.4) is 0 Å². The van der Waals surface area contributed by atoms with E-state index in [1.165, 1.54) is 7.11 Å². The van der Waals surface area contributed by atoms with E-state index >= 15 is 0 Å². The van der Waals surface area contributed by atoms with Crippen molar-refractivity contribution in [2.45, 2.75) is 26.8 Å². The van der Waals surface area contributed by atoms with Crippen LogP contribution in [0.4, 0.5) is 0 Å². The number of nitrogens with one attached hydrogen (secondary N) is 1. The molecular formula is C13H23N3O3. The first-order valence-electron chi connectivity index (χ1n) is 6.33. The summed E-state index contributed by atoms with van der Waals surface area (Å²) in [5, 5.41) is 6.61. The van der Waals surface area contributed by atoms with Crippen LogP contribution in [0, 0.1) is 12.8 Å². The number of ether oxygens (including phenoxy) is 1. The predicted molar refractivity (Wildman–Crippen MR) is 72.4 cm³/mol. The summed E-state index contributed by atoms with van der Waals surface area (Å²) in [5.74, 6) is 0.485. The molecule has 1 heterocycles. The highest BCUT2D eigenvalue weighted by molar-refractivity contribution is 5.93. The number of carbonyl (C=O) groups is 1. The molecule has 0 bridgehead atoms. The Hall–Kier alpha value is -1.56. The Morgan fingerprint density at radius 2 is 2.11 bits per heavy atom. The average molecular weight is 269 g/mol. The topological polar surface area (TPSA) is 67.6 Å². The molecule has 1 unspecified atom stereocenters. The number of nitrogens with zero attached hydrogens (tertiary/aromatic N) is 2. The highest BCUT2D eigenvalue weighted by Gasteiger charge is 2.21. The molecule has 1 rings (SSSR count). The first-order valence-corrected chi connectivity index (χ1v) is 6.33. The van der Waals surface area contributed by atoms with Crippen LogP contribution in [0.1, 0.15) is 29.9 Å². The van der Waals surface area contributed by atoms with E-state index in [4.69, 9.17) is 9.26 Å². The zero-order valence-electron chi connectivity index (χ0n) is 12.5. The zero-order valence-corrected chi connectivity index (χ0v) is 12.5. The van der Waals surface area contributed by atoms with E-state index in [1.807, 2.05) is 14.1 Å². The lowest BCUT2D eigenvalue weighted by molar-refractivity contribution is 0.0925. The quantitative estimate of drug-likeness (QED) is 0.843. The third-order valence-corrected chi connectivity index (χ3v) is 3.19. The van der Waals surface area contributed by atoms with Gasteiger partial charge < -0.3 is 19.5 Å². The fraction of sp³-hybridized carbons (Fsp3) is 0.692. The SMILES string of the molecule is COc1onc(C(=O)NCC(C(C)C)N(C)C)c1C. The van der Waals surface area contributed by atoms with Gasteiger partial charge in [-0.15, -0.1) is 0 Å². The molecule has 0 fully saturated rings. The molecular weight excluding hydrogens is 246 g/mol. The third-order valence-electron chi connectivity index (χ3n) is 3.19. The standard InChI is InChI=1S/C13H23N3O3/c1-8(2)10(16(4)5)7-14-12(17)11-9(3)13(18-6)19-15-11/h8,10H,7H2,1-6H3,(H,14,17). The first kappa shape index (κ1) is 15.5. The van der Waals surface area contributed by atoms with Crippen molar-refractivity contribution in [3.63, 3.8) is 0 Å². The summed E-state index contributed by atoms with van der Waals surface area (Å²) in [4.78, 5) is 14.1. The maximum Gasteiger partial charge on any atom is 0.314 e. The van der Waals surface area contributed by atoms with Crippen molar-refractivity contribution in [3.8, 4) is 5.95 Å². The van der Waals surface area contributed by atoms with Gasteiger partial charge in [-0.2, -0.15) is 0 Å². The van der Waals surface area contributed by atoms with Gasteiger partial charge in [-0.05, 0) is 26.9 Å². The molecule has 0 saturated heterocycles. The lowest BCUT2D eigenvalue weighted by Crippen LogP contribution is -2.43. The molecule has 1 N–H and O–H groups in total. The molecule has 19 heavy (non-hydrogen) atoms. The molecule has 6 nitrogen and oxygen atoms in total. The minimum atomic E-state index is -0.239. The highest BCUT2D eigenvalue weighted by atomic mass is 16.6. The number of amides is 1. The number of methoxy groups -OCH3 is 1. The number of aromatic nitrogens is 1. The smallest absolute Gasteiger partial charge is 0.314 e. The number of rotatable bonds is 6. The molecule has 1 amide bonds. The second-order valence-electron chi connectivity index (χ2n) is 5.13. The van der Waals surface area contributed by atoms with Crippen molar-refractivity contribution >= 4 is 5.91 Å². The maximum atomic E-state index is 12.0. The van der Waals surface area contributed by atoms with E-state index in [0.29, 0.717) is 18.0 Å². The molecule has 0 saturated carbocycles. The summed E-state index contributed by atoms with van der Waals surface area (Å²) in [6.07, 6.45) is 0. The van der Waals surface area contributed by atoms with Crippen molar-refractivity contribution < 1.29 is 14.1 Å². The molecule has 0 radical (unpaired) electrons. The molecule has 1 aromatic rings. The number of carbonyl (C=O) groups excluding carboxylic acids is 1. The number of likely N-dealkylation sites (N-methyl/N-ethyl adjacent to an activating group) is 1. The third kappa shape index (κ3) is 3.70. The highest BCUT2D eigenvalue weighted by Crippen LogP contribution is 2.20. The molecule has 108 valence electrons. The molecule has 0 aliphatic rings. The molecule has 1 atom stereocenters. The molecule has 0 aromatic carbocycles. The van der Waals surface area contributed by atoms with Gasteiger partial charge in [0.05, 0.1) is 12.7 Å². The lowest BCUT2D eigenvalue weighted by atomic mass is 10.0. The van der Waals surface area contributed by atoms with E-state index < -0.39 is 0 Å². The summed E-state index contributed by atoms with van der Waals surface area (Å²) in [6, 6.07) is 0.276. The van der Waals surface area contributed by atoms with Crippen LogP contribution in [0.15, 0.2) is 4.52 Å². The van der Waals surface area contributed by atoms with E-state index in [0.717, 1.165) is 0 Å². The van der Waals surface area contributed by atoms with Crippen LogP contribution in [0.2, 0.25) is 0 Å². The van der Waals surface area contributed by atoms with Crippen LogP contribution < -0.4 is 10.1 Å². The Morgan fingerprint density at radius 3 is 2.53 bits per heavy atom. The van der Waals surface area contributed by atoms with E-state index in [1.54, 1.807) is 6.92 Å². The maximum absolute atomic E-state index is 12.0. The second-order valence-corrected chi connectivity index (χ2v) is 5.13. The molecule has 6 heteroatoms. The summed E-state index contributed by atoms with van der Waals surface area (Å²) in [7, 11) is 5.48. The monoisotopic (exact) mass is 269 g/mol. The van der Waals surface area contributed by atoms with Crippen molar-refractivity contribution in [2.75, 3.05) is 27.7 Å². The number of hydrogen-bond acceptors (Lipinski definition) is 5. The fourth-order valence-electron chi connectivity index (χ4n) is 2.02. The van der Waals surface area contributed by atoms with Gasteiger partial charge in [0.1, 0.15) is 0 Å². The zero-order chi connectivity index (χ0) is 14.6. The minimum absolute atomic E-state index is 0.239. The molecule has 0 aliphatic carbocycles. The van der Waals surface area contributed by atoms with Crippen LogP contribution in [0.25, 0.3) is 0 Å². The normalized spacial score (nSPS) is 12.8. The second kappa shape index (κ2) is 6.56. The van der Waals surface area contributed by atoms with Crippen molar-refractivity contribution in [1.82, 2.24) is 15.4 Å². The minimum Gasteiger partial charge on any atom is -0.467 e. The van der Waals surface area contributed by atoms with Gasteiger partial charge in [-0.1, -0.05) is 19.0 Å². The van der Waals surface area contributed by atoms with Gasteiger partial charge in [0, 0.05) is 12.6 Å². The summed E-state index contributed by atoms with van der Waals surface area (Å²) in [6.45, 7) is 6.57. The van der Waals surface area contributed by atoms with Gasteiger partial charge in [0.2, 0.25) is 0 Å². The van der Waals surface area contributed by atoms with Crippen LogP contribution in [-0.2, 0) is 0 Å².